The molecular weight excluding hydrogens is 522 g/mol. The van der Waals surface area contributed by atoms with E-state index in [9.17, 15) is 20.1 Å². The second kappa shape index (κ2) is 32.2. The Kier molecular flexibility index (Phi) is 30.9. The molecule has 42 heavy (non-hydrogen) atoms. The van der Waals surface area contributed by atoms with Crippen LogP contribution in [-0.4, -0.2) is 46.1 Å². The Labute approximate surface area is 259 Å². The molecule has 0 aromatic heterocycles. The molecular formula is C37H67NO4. The number of aliphatic hydroxyl groups is 3. The Morgan fingerprint density at radius 2 is 1.02 bits per heavy atom. The number of unbranched alkanes of at least 4 members (excludes halogenated alkanes) is 15. The van der Waals surface area contributed by atoms with Crippen LogP contribution in [-0.2, 0) is 4.79 Å². The number of rotatable bonds is 30. The van der Waals surface area contributed by atoms with Crippen LogP contribution in [0.25, 0.3) is 0 Å². The molecule has 0 saturated heterocycles. The number of aliphatic hydroxyl groups excluding tert-OH is 3. The average molecular weight is 590 g/mol. The van der Waals surface area contributed by atoms with Gasteiger partial charge in [-0.3, -0.25) is 4.79 Å². The SMILES string of the molecule is CCCCCC/C=C\CCCCCCCC(O)CC(=O)NC(CO)C(O)/C=C/CC/C=C/CC/C=C/CCCCCC. The molecule has 244 valence electrons. The summed E-state index contributed by atoms with van der Waals surface area (Å²) in [5.41, 5.74) is 0. The minimum atomic E-state index is -0.960. The summed E-state index contributed by atoms with van der Waals surface area (Å²) < 4.78 is 0. The summed E-state index contributed by atoms with van der Waals surface area (Å²) in [6.45, 7) is 4.12. The second-order valence-electron chi connectivity index (χ2n) is 11.7. The van der Waals surface area contributed by atoms with Crippen molar-refractivity contribution >= 4 is 5.91 Å². The van der Waals surface area contributed by atoms with Gasteiger partial charge in [0.05, 0.1) is 31.3 Å². The van der Waals surface area contributed by atoms with Gasteiger partial charge in [0.25, 0.3) is 0 Å². The van der Waals surface area contributed by atoms with Crippen molar-refractivity contribution in [1.29, 1.82) is 0 Å². The van der Waals surface area contributed by atoms with Crippen molar-refractivity contribution in [3.8, 4) is 0 Å². The normalized spacial score (nSPS) is 14.5. The molecule has 3 atom stereocenters. The molecule has 0 bridgehead atoms. The molecule has 5 nitrogen and oxygen atoms in total. The fourth-order valence-corrected chi connectivity index (χ4v) is 4.83. The van der Waals surface area contributed by atoms with Crippen LogP contribution in [0.4, 0.5) is 0 Å². The standard InChI is InChI=1S/C37H67NO4/c1-3-5-7-9-11-13-15-17-19-21-23-25-27-29-31-36(41)35(33-39)38-37(42)32-34(40)30-28-26-24-22-20-18-16-14-12-10-8-6-4-2/h13-16,21,23,29,31,34-36,39-41H,3-12,17-20,22,24-28,30,32-33H2,1-2H3,(H,38,42)/b15-13+,16-14-,23-21+,31-29+. The zero-order chi connectivity index (χ0) is 30.9. The monoisotopic (exact) mass is 590 g/mol. The van der Waals surface area contributed by atoms with Crippen molar-refractivity contribution in [2.24, 2.45) is 0 Å². The lowest BCUT2D eigenvalue weighted by Crippen LogP contribution is -2.45. The van der Waals surface area contributed by atoms with Gasteiger partial charge in [0.1, 0.15) is 0 Å². The zero-order valence-corrected chi connectivity index (χ0v) is 27.4. The van der Waals surface area contributed by atoms with Crippen LogP contribution in [0.2, 0.25) is 0 Å². The first kappa shape index (κ1) is 40.3. The van der Waals surface area contributed by atoms with Gasteiger partial charge in [-0.1, -0.05) is 127 Å². The van der Waals surface area contributed by atoms with E-state index in [0.29, 0.717) is 6.42 Å². The van der Waals surface area contributed by atoms with E-state index < -0.39 is 18.2 Å². The number of nitrogens with one attached hydrogen (secondary N) is 1. The number of hydrogen-bond acceptors (Lipinski definition) is 4. The third kappa shape index (κ3) is 28.4. The summed E-state index contributed by atoms with van der Waals surface area (Å²) in [5.74, 6) is -0.339. The highest BCUT2D eigenvalue weighted by Gasteiger charge is 2.20. The van der Waals surface area contributed by atoms with Crippen LogP contribution >= 0.6 is 0 Å². The third-order valence-corrected chi connectivity index (χ3v) is 7.57. The molecule has 0 radical (unpaired) electrons. The largest absolute Gasteiger partial charge is 0.394 e. The molecule has 1 amide bonds. The highest BCUT2D eigenvalue weighted by Crippen LogP contribution is 2.12. The van der Waals surface area contributed by atoms with Gasteiger partial charge in [-0.15, -0.1) is 0 Å². The van der Waals surface area contributed by atoms with Crippen molar-refractivity contribution in [2.75, 3.05) is 6.61 Å². The maximum atomic E-state index is 12.3. The number of allylic oxidation sites excluding steroid dienone is 7. The first-order valence-corrected chi connectivity index (χ1v) is 17.4. The van der Waals surface area contributed by atoms with Crippen molar-refractivity contribution in [2.45, 2.75) is 173 Å². The number of carbonyl (C=O) groups is 1. The highest BCUT2D eigenvalue weighted by molar-refractivity contribution is 5.76. The Hall–Kier alpha value is -1.69. The Balaban J connectivity index is 3.87. The van der Waals surface area contributed by atoms with E-state index in [1.54, 1.807) is 6.08 Å². The van der Waals surface area contributed by atoms with Crippen LogP contribution in [0, 0.1) is 0 Å². The highest BCUT2D eigenvalue weighted by atomic mass is 16.3. The van der Waals surface area contributed by atoms with Crippen LogP contribution in [0.1, 0.15) is 155 Å². The van der Waals surface area contributed by atoms with Crippen molar-refractivity contribution in [3.63, 3.8) is 0 Å². The average Bonchev–Trinajstić information content (AvgIpc) is 2.98. The maximum Gasteiger partial charge on any atom is 0.222 e. The molecule has 0 saturated carbocycles. The first-order valence-electron chi connectivity index (χ1n) is 17.4. The summed E-state index contributed by atoms with van der Waals surface area (Å²) in [5, 5.41) is 32.9. The lowest BCUT2D eigenvalue weighted by molar-refractivity contribution is -0.124. The zero-order valence-electron chi connectivity index (χ0n) is 27.4. The molecule has 0 fully saturated rings. The Morgan fingerprint density at radius 3 is 1.52 bits per heavy atom. The minimum Gasteiger partial charge on any atom is -0.394 e. The molecule has 0 aliphatic carbocycles. The maximum absolute atomic E-state index is 12.3. The third-order valence-electron chi connectivity index (χ3n) is 7.57. The summed E-state index contributed by atoms with van der Waals surface area (Å²) >= 11 is 0. The fraction of sp³-hybridized carbons (Fsp3) is 0.757. The molecule has 0 rings (SSSR count). The van der Waals surface area contributed by atoms with Gasteiger partial charge in [0, 0.05) is 0 Å². The summed E-state index contributed by atoms with van der Waals surface area (Å²) in [4.78, 5) is 12.3. The minimum absolute atomic E-state index is 0.00513. The molecule has 3 unspecified atom stereocenters. The van der Waals surface area contributed by atoms with Gasteiger partial charge in [-0.05, 0) is 70.6 Å². The molecule has 0 aromatic rings. The van der Waals surface area contributed by atoms with Gasteiger partial charge in [0.2, 0.25) is 5.91 Å². The molecule has 0 heterocycles. The fourth-order valence-electron chi connectivity index (χ4n) is 4.83. The van der Waals surface area contributed by atoms with E-state index in [-0.39, 0.29) is 18.9 Å². The van der Waals surface area contributed by atoms with E-state index in [2.05, 4.69) is 55.6 Å². The predicted octanol–water partition coefficient (Wildman–Crippen LogP) is 9.03. The Bertz CT molecular complexity index is 700. The van der Waals surface area contributed by atoms with E-state index in [1.807, 2.05) is 6.08 Å². The van der Waals surface area contributed by atoms with Crippen LogP contribution in [0.15, 0.2) is 48.6 Å². The van der Waals surface area contributed by atoms with E-state index in [1.165, 1.54) is 77.0 Å². The van der Waals surface area contributed by atoms with Gasteiger partial charge in [0.15, 0.2) is 0 Å². The van der Waals surface area contributed by atoms with Crippen molar-refractivity contribution in [3.05, 3.63) is 48.6 Å². The van der Waals surface area contributed by atoms with Gasteiger partial charge < -0.3 is 20.6 Å². The first-order chi connectivity index (χ1) is 20.5. The topological polar surface area (TPSA) is 89.8 Å². The van der Waals surface area contributed by atoms with Gasteiger partial charge >= 0.3 is 0 Å². The number of hydrogen-bond donors (Lipinski definition) is 4. The summed E-state index contributed by atoms with van der Waals surface area (Å²) in [7, 11) is 0. The van der Waals surface area contributed by atoms with E-state index >= 15 is 0 Å². The number of carbonyl (C=O) groups excluding carboxylic acids is 1. The van der Waals surface area contributed by atoms with E-state index in [4.69, 9.17) is 0 Å². The van der Waals surface area contributed by atoms with Gasteiger partial charge in [-0.25, -0.2) is 0 Å². The molecule has 0 aliphatic heterocycles. The van der Waals surface area contributed by atoms with Crippen LogP contribution < -0.4 is 5.32 Å². The lowest BCUT2D eigenvalue weighted by atomic mass is 10.0. The second-order valence-corrected chi connectivity index (χ2v) is 11.7. The van der Waals surface area contributed by atoms with Crippen LogP contribution in [0.3, 0.4) is 0 Å². The quantitative estimate of drug-likeness (QED) is 0.0497. The van der Waals surface area contributed by atoms with Crippen LogP contribution in [0.5, 0.6) is 0 Å². The van der Waals surface area contributed by atoms with E-state index in [0.717, 1.165) is 51.4 Å². The predicted molar refractivity (Wildman–Crippen MR) is 181 cm³/mol. The summed E-state index contributed by atoms with van der Waals surface area (Å²) in [6.07, 6.45) is 39.4. The number of amides is 1. The molecule has 0 spiro atoms. The molecule has 0 aliphatic rings. The molecule has 5 heteroatoms. The van der Waals surface area contributed by atoms with Crippen molar-refractivity contribution < 1.29 is 20.1 Å². The van der Waals surface area contributed by atoms with Crippen molar-refractivity contribution in [1.82, 2.24) is 5.32 Å². The lowest BCUT2D eigenvalue weighted by Gasteiger charge is -2.20. The molecule has 4 N–H and O–H groups in total. The smallest absolute Gasteiger partial charge is 0.222 e. The Morgan fingerprint density at radius 1 is 0.595 bits per heavy atom. The molecule has 0 aromatic carbocycles. The summed E-state index contributed by atoms with van der Waals surface area (Å²) in [6, 6.07) is -0.768. The van der Waals surface area contributed by atoms with Gasteiger partial charge in [-0.2, -0.15) is 0 Å².